The molecule has 8 heteroatoms. The van der Waals surface area contributed by atoms with E-state index in [1.165, 1.54) is 29.2 Å². The summed E-state index contributed by atoms with van der Waals surface area (Å²) in [6.45, 7) is 0.479. The normalized spacial score (nSPS) is 13.3. The molecule has 2 heterocycles. The second-order valence-electron chi connectivity index (χ2n) is 7.31. The van der Waals surface area contributed by atoms with E-state index in [0.717, 1.165) is 11.1 Å². The molecule has 0 aliphatic carbocycles. The van der Waals surface area contributed by atoms with E-state index in [4.69, 9.17) is 4.74 Å². The van der Waals surface area contributed by atoms with Gasteiger partial charge in [-0.25, -0.2) is 9.37 Å². The number of pyridine rings is 1. The van der Waals surface area contributed by atoms with Gasteiger partial charge in [0.25, 0.3) is 5.91 Å². The van der Waals surface area contributed by atoms with E-state index in [-0.39, 0.29) is 49.5 Å². The Morgan fingerprint density at radius 2 is 1.66 bits per heavy atom. The number of carbonyl (C=O) groups excluding carboxylic acids is 3. The third-order valence-electron chi connectivity index (χ3n) is 5.00. The number of hydrogen-bond donors (Lipinski definition) is 1. The van der Waals surface area contributed by atoms with Gasteiger partial charge >= 0.3 is 0 Å². The maximum absolute atomic E-state index is 13.0. The van der Waals surface area contributed by atoms with E-state index < -0.39 is 0 Å². The summed E-state index contributed by atoms with van der Waals surface area (Å²) in [6, 6.07) is 15.8. The molecule has 0 radical (unpaired) electrons. The fourth-order valence-electron chi connectivity index (χ4n) is 3.27. The fraction of sp³-hybridized carbons (Fsp3) is 0.167. The molecule has 0 bridgehead atoms. The molecular formula is C24H20FN3O4. The average Bonchev–Trinajstić information content (AvgIpc) is 3.12. The molecule has 32 heavy (non-hydrogen) atoms. The van der Waals surface area contributed by atoms with Crippen LogP contribution in [0.5, 0.6) is 11.6 Å². The van der Waals surface area contributed by atoms with Crippen molar-refractivity contribution in [3.8, 4) is 11.6 Å². The van der Waals surface area contributed by atoms with Crippen molar-refractivity contribution in [1.29, 1.82) is 0 Å². The minimum absolute atomic E-state index is 0.169. The Hall–Kier alpha value is -4.07. The van der Waals surface area contributed by atoms with Gasteiger partial charge in [0, 0.05) is 37.2 Å². The molecule has 1 aliphatic rings. The maximum Gasteiger partial charge on any atom is 0.251 e. The minimum Gasteiger partial charge on any atom is -0.439 e. The monoisotopic (exact) mass is 433 g/mol. The second kappa shape index (κ2) is 9.38. The van der Waals surface area contributed by atoms with Crippen LogP contribution in [0.25, 0.3) is 0 Å². The van der Waals surface area contributed by atoms with Gasteiger partial charge in [-0.3, -0.25) is 19.3 Å². The van der Waals surface area contributed by atoms with E-state index in [9.17, 15) is 18.8 Å². The quantitative estimate of drug-likeness (QED) is 0.576. The van der Waals surface area contributed by atoms with Crippen LogP contribution in [0.2, 0.25) is 0 Å². The Morgan fingerprint density at radius 1 is 0.969 bits per heavy atom. The molecule has 0 spiro atoms. The summed E-state index contributed by atoms with van der Waals surface area (Å²) < 4.78 is 18.6. The predicted octanol–water partition coefficient (Wildman–Crippen LogP) is 3.59. The molecule has 1 aliphatic heterocycles. The number of carbonyl (C=O) groups is 3. The third kappa shape index (κ3) is 5.15. The van der Waals surface area contributed by atoms with Gasteiger partial charge in [-0.2, -0.15) is 0 Å². The number of rotatable bonds is 7. The number of ether oxygens (including phenoxy) is 1. The van der Waals surface area contributed by atoms with Gasteiger partial charge in [-0.15, -0.1) is 0 Å². The average molecular weight is 433 g/mol. The molecule has 1 saturated heterocycles. The molecule has 1 N–H and O–H groups in total. The Kier molecular flexibility index (Phi) is 6.21. The summed E-state index contributed by atoms with van der Waals surface area (Å²) in [4.78, 5) is 41.3. The first-order valence-corrected chi connectivity index (χ1v) is 10.1. The van der Waals surface area contributed by atoms with Gasteiger partial charge in [-0.05, 0) is 53.6 Å². The molecule has 1 fully saturated rings. The number of nitrogens with zero attached hydrogens (tertiary/aromatic N) is 2. The number of amides is 3. The van der Waals surface area contributed by atoms with E-state index in [1.807, 2.05) is 0 Å². The molecule has 4 rings (SSSR count). The van der Waals surface area contributed by atoms with Gasteiger partial charge in [0.1, 0.15) is 11.6 Å². The number of likely N-dealkylation sites (tertiary alicyclic amines) is 1. The lowest BCUT2D eigenvalue weighted by Crippen LogP contribution is -2.28. The first-order chi connectivity index (χ1) is 15.5. The highest BCUT2D eigenvalue weighted by molar-refractivity contribution is 6.01. The second-order valence-corrected chi connectivity index (χ2v) is 7.31. The zero-order valence-corrected chi connectivity index (χ0v) is 17.1. The van der Waals surface area contributed by atoms with Crippen molar-refractivity contribution in [3.05, 3.63) is 89.4 Å². The first kappa shape index (κ1) is 21.2. The van der Waals surface area contributed by atoms with E-state index in [0.29, 0.717) is 17.2 Å². The van der Waals surface area contributed by atoms with Crippen molar-refractivity contribution in [1.82, 2.24) is 15.2 Å². The van der Waals surface area contributed by atoms with Crippen molar-refractivity contribution >= 4 is 17.7 Å². The summed E-state index contributed by atoms with van der Waals surface area (Å²) in [5.74, 6) is -0.166. The highest BCUT2D eigenvalue weighted by Crippen LogP contribution is 2.20. The zero-order chi connectivity index (χ0) is 22.5. The van der Waals surface area contributed by atoms with Gasteiger partial charge in [-0.1, -0.05) is 12.1 Å². The van der Waals surface area contributed by atoms with Crippen LogP contribution in [0.15, 0.2) is 66.9 Å². The SMILES string of the molecule is O=C(NCc1ccnc(Oc2ccc(F)cc2)c1)c1ccc(CN2C(=O)CCC2=O)cc1. The predicted molar refractivity (Wildman–Crippen MR) is 113 cm³/mol. The van der Waals surface area contributed by atoms with Gasteiger partial charge in [0.2, 0.25) is 17.7 Å². The Labute approximate surface area is 183 Å². The van der Waals surface area contributed by atoms with Crippen molar-refractivity contribution in [2.75, 3.05) is 0 Å². The summed E-state index contributed by atoms with van der Waals surface area (Å²) in [7, 11) is 0. The first-order valence-electron chi connectivity index (χ1n) is 10.1. The van der Waals surface area contributed by atoms with Crippen LogP contribution in [-0.2, 0) is 22.7 Å². The van der Waals surface area contributed by atoms with E-state index in [1.54, 1.807) is 42.6 Å². The lowest BCUT2D eigenvalue weighted by Gasteiger charge is -2.14. The van der Waals surface area contributed by atoms with Crippen LogP contribution in [0.1, 0.15) is 34.3 Å². The number of aromatic nitrogens is 1. The van der Waals surface area contributed by atoms with Gasteiger partial charge in [0.15, 0.2) is 0 Å². The van der Waals surface area contributed by atoms with Crippen molar-refractivity contribution in [2.45, 2.75) is 25.9 Å². The van der Waals surface area contributed by atoms with Crippen molar-refractivity contribution < 1.29 is 23.5 Å². The summed E-state index contributed by atoms with van der Waals surface area (Å²) in [6.07, 6.45) is 2.08. The molecule has 7 nitrogen and oxygen atoms in total. The summed E-state index contributed by atoms with van der Waals surface area (Å²) >= 11 is 0. The maximum atomic E-state index is 13.0. The molecular weight excluding hydrogens is 413 g/mol. The highest BCUT2D eigenvalue weighted by atomic mass is 19.1. The van der Waals surface area contributed by atoms with Gasteiger partial charge < -0.3 is 10.1 Å². The molecule has 3 aromatic rings. The number of benzene rings is 2. The van der Waals surface area contributed by atoms with E-state index >= 15 is 0 Å². The zero-order valence-electron chi connectivity index (χ0n) is 17.1. The molecule has 1 aromatic heterocycles. The summed E-state index contributed by atoms with van der Waals surface area (Å²) in [5, 5.41) is 2.83. The minimum atomic E-state index is -0.354. The molecule has 2 aromatic carbocycles. The topological polar surface area (TPSA) is 88.6 Å². The highest BCUT2D eigenvalue weighted by Gasteiger charge is 2.28. The third-order valence-corrected chi connectivity index (χ3v) is 5.00. The Balaban J connectivity index is 1.33. The number of nitrogens with one attached hydrogen (secondary N) is 1. The molecule has 162 valence electrons. The number of halogens is 1. The van der Waals surface area contributed by atoms with Crippen LogP contribution in [0.3, 0.4) is 0 Å². The van der Waals surface area contributed by atoms with Crippen LogP contribution < -0.4 is 10.1 Å². The number of hydrogen-bond acceptors (Lipinski definition) is 5. The fourth-order valence-corrected chi connectivity index (χ4v) is 3.27. The molecule has 0 atom stereocenters. The van der Waals surface area contributed by atoms with Crippen molar-refractivity contribution in [3.63, 3.8) is 0 Å². The van der Waals surface area contributed by atoms with Crippen LogP contribution in [-0.4, -0.2) is 27.6 Å². The van der Waals surface area contributed by atoms with Crippen LogP contribution >= 0.6 is 0 Å². The molecule has 0 unspecified atom stereocenters. The summed E-state index contributed by atoms with van der Waals surface area (Å²) in [5.41, 5.74) is 2.03. The molecule has 3 amide bonds. The van der Waals surface area contributed by atoms with Crippen LogP contribution in [0, 0.1) is 5.82 Å². The number of imide groups is 1. The van der Waals surface area contributed by atoms with Gasteiger partial charge in [0.05, 0.1) is 6.54 Å². The largest absolute Gasteiger partial charge is 0.439 e. The lowest BCUT2D eigenvalue weighted by molar-refractivity contribution is -0.139. The Bertz CT molecular complexity index is 1130. The van der Waals surface area contributed by atoms with Crippen LogP contribution in [0.4, 0.5) is 4.39 Å². The molecule has 0 saturated carbocycles. The standard InChI is InChI=1S/C24H20FN3O4/c25-19-5-7-20(8-6-19)32-21-13-17(11-12-26-21)14-27-24(31)18-3-1-16(2-4-18)15-28-22(29)9-10-23(28)30/h1-8,11-13H,9-10,14-15H2,(H,27,31). The Morgan fingerprint density at radius 3 is 2.34 bits per heavy atom. The van der Waals surface area contributed by atoms with E-state index in [2.05, 4.69) is 10.3 Å². The smallest absolute Gasteiger partial charge is 0.251 e. The lowest BCUT2D eigenvalue weighted by atomic mass is 10.1. The van der Waals surface area contributed by atoms with Crippen molar-refractivity contribution in [2.24, 2.45) is 0 Å².